The van der Waals surface area contributed by atoms with E-state index < -0.39 is 6.04 Å². The Morgan fingerprint density at radius 2 is 1.68 bits per heavy atom. The highest BCUT2D eigenvalue weighted by atomic mass is 16.2. The van der Waals surface area contributed by atoms with Crippen LogP contribution in [0.25, 0.3) is 21.7 Å². The van der Waals surface area contributed by atoms with Gasteiger partial charge in [0.2, 0.25) is 5.91 Å². The standard InChI is InChI=1S/C23H21N5O3/c1-15(28-23(31)17-7-3-2-6-16(17)14-24-28)21(29)26-11-10-20-25-19-9-5-4-8-18(19)22(30)27(20)13-12-26/h2-9,14-15H,10-13H2,1H3. The molecule has 4 aromatic rings. The van der Waals surface area contributed by atoms with Crippen LogP contribution >= 0.6 is 0 Å². The van der Waals surface area contributed by atoms with Crippen LogP contribution in [0.4, 0.5) is 0 Å². The smallest absolute Gasteiger partial charge is 0.275 e. The van der Waals surface area contributed by atoms with Gasteiger partial charge in [-0.3, -0.25) is 19.0 Å². The van der Waals surface area contributed by atoms with Gasteiger partial charge in [-0.05, 0) is 25.1 Å². The highest BCUT2D eigenvalue weighted by Gasteiger charge is 2.26. The Labute approximate surface area is 177 Å². The number of carbonyl (C=O) groups excluding carboxylic acids is 1. The molecule has 0 saturated carbocycles. The highest BCUT2D eigenvalue weighted by Crippen LogP contribution is 2.15. The minimum atomic E-state index is -0.748. The Morgan fingerprint density at radius 3 is 2.52 bits per heavy atom. The van der Waals surface area contributed by atoms with Gasteiger partial charge in [0.1, 0.15) is 11.9 Å². The van der Waals surface area contributed by atoms with Gasteiger partial charge in [-0.25, -0.2) is 9.67 Å². The maximum atomic E-state index is 13.2. The summed E-state index contributed by atoms with van der Waals surface area (Å²) in [6, 6.07) is 13.7. The maximum Gasteiger partial charge on any atom is 0.275 e. The van der Waals surface area contributed by atoms with E-state index in [-0.39, 0.29) is 17.0 Å². The summed E-state index contributed by atoms with van der Waals surface area (Å²) >= 11 is 0. The minimum Gasteiger partial charge on any atom is -0.339 e. The Bertz CT molecular complexity index is 1440. The van der Waals surface area contributed by atoms with Crippen LogP contribution in [0.3, 0.4) is 0 Å². The van der Waals surface area contributed by atoms with Crippen LogP contribution in [0, 0.1) is 0 Å². The zero-order chi connectivity index (χ0) is 21.5. The maximum absolute atomic E-state index is 13.2. The molecule has 31 heavy (non-hydrogen) atoms. The molecule has 0 aliphatic carbocycles. The molecule has 2 aromatic heterocycles. The Hall–Kier alpha value is -3.81. The van der Waals surface area contributed by atoms with Gasteiger partial charge in [-0.15, -0.1) is 0 Å². The summed E-state index contributed by atoms with van der Waals surface area (Å²) in [6.07, 6.45) is 2.08. The molecule has 0 radical (unpaired) electrons. The van der Waals surface area contributed by atoms with Gasteiger partial charge in [0, 0.05) is 31.4 Å². The van der Waals surface area contributed by atoms with Crippen LogP contribution in [0.5, 0.6) is 0 Å². The quantitative estimate of drug-likeness (QED) is 0.498. The molecule has 0 N–H and O–H groups in total. The lowest BCUT2D eigenvalue weighted by atomic mass is 10.2. The summed E-state index contributed by atoms with van der Waals surface area (Å²) in [5, 5.41) is 6.07. The third-order valence-electron chi connectivity index (χ3n) is 5.90. The molecule has 8 nitrogen and oxygen atoms in total. The van der Waals surface area contributed by atoms with Crippen molar-refractivity contribution in [2.75, 3.05) is 13.1 Å². The summed E-state index contributed by atoms with van der Waals surface area (Å²) in [7, 11) is 0. The van der Waals surface area contributed by atoms with E-state index in [1.165, 1.54) is 4.68 Å². The second-order valence-electron chi connectivity index (χ2n) is 7.73. The van der Waals surface area contributed by atoms with E-state index in [0.29, 0.717) is 48.2 Å². The van der Waals surface area contributed by atoms with E-state index in [4.69, 9.17) is 0 Å². The molecular weight excluding hydrogens is 394 g/mol. The first kappa shape index (κ1) is 19.2. The molecule has 5 rings (SSSR count). The molecule has 0 bridgehead atoms. The summed E-state index contributed by atoms with van der Waals surface area (Å²) in [6.45, 7) is 2.85. The molecule has 156 valence electrons. The number of hydrogen-bond donors (Lipinski definition) is 0. The summed E-state index contributed by atoms with van der Waals surface area (Å²) in [5.74, 6) is 0.475. The van der Waals surface area contributed by atoms with Crippen LogP contribution in [0.2, 0.25) is 0 Å². The monoisotopic (exact) mass is 415 g/mol. The van der Waals surface area contributed by atoms with Crippen LogP contribution < -0.4 is 11.1 Å². The first-order valence-corrected chi connectivity index (χ1v) is 10.3. The van der Waals surface area contributed by atoms with Crippen molar-refractivity contribution in [3.63, 3.8) is 0 Å². The predicted molar refractivity (Wildman–Crippen MR) is 117 cm³/mol. The number of fused-ring (bicyclic) bond motifs is 3. The fourth-order valence-electron chi connectivity index (χ4n) is 4.17. The predicted octanol–water partition coefficient (Wildman–Crippen LogP) is 1.75. The van der Waals surface area contributed by atoms with Gasteiger partial charge in [-0.1, -0.05) is 30.3 Å². The van der Waals surface area contributed by atoms with Gasteiger partial charge in [0.05, 0.1) is 22.5 Å². The molecule has 8 heteroatoms. The number of benzene rings is 2. The van der Waals surface area contributed by atoms with E-state index in [9.17, 15) is 14.4 Å². The SMILES string of the molecule is CC(C(=O)N1CCc2nc3ccccc3c(=O)n2CC1)n1ncc2ccccc2c1=O. The van der Waals surface area contributed by atoms with Crippen molar-refractivity contribution in [2.45, 2.75) is 25.9 Å². The van der Waals surface area contributed by atoms with Crippen molar-refractivity contribution in [2.24, 2.45) is 0 Å². The number of hydrogen-bond acceptors (Lipinski definition) is 5. The summed E-state index contributed by atoms with van der Waals surface area (Å²) in [4.78, 5) is 45.3. The van der Waals surface area contributed by atoms with Crippen molar-refractivity contribution < 1.29 is 4.79 Å². The first-order chi connectivity index (χ1) is 15.0. The number of nitrogens with zero attached hydrogens (tertiary/aromatic N) is 5. The molecule has 1 unspecified atom stereocenters. The Balaban J connectivity index is 1.44. The lowest BCUT2D eigenvalue weighted by Crippen LogP contribution is -2.41. The van der Waals surface area contributed by atoms with Crippen LogP contribution in [-0.4, -0.2) is 43.2 Å². The van der Waals surface area contributed by atoms with Crippen LogP contribution in [-0.2, 0) is 17.8 Å². The topological polar surface area (TPSA) is 90.1 Å². The molecule has 0 spiro atoms. The molecule has 0 saturated heterocycles. The average molecular weight is 415 g/mol. The fourth-order valence-corrected chi connectivity index (χ4v) is 4.17. The zero-order valence-electron chi connectivity index (χ0n) is 17.1. The van der Waals surface area contributed by atoms with Gasteiger partial charge in [0.15, 0.2) is 0 Å². The number of amides is 1. The molecule has 3 heterocycles. The number of rotatable bonds is 2. The van der Waals surface area contributed by atoms with E-state index in [0.717, 1.165) is 5.39 Å². The van der Waals surface area contributed by atoms with Crippen molar-refractivity contribution >= 4 is 27.6 Å². The second kappa shape index (κ2) is 7.46. The molecule has 1 atom stereocenters. The second-order valence-corrected chi connectivity index (χ2v) is 7.73. The summed E-state index contributed by atoms with van der Waals surface area (Å²) in [5.41, 5.74) is 0.287. The van der Waals surface area contributed by atoms with Crippen molar-refractivity contribution in [3.05, 3.63) is 81.3 Å². The lowest BCUT2D eigenvalue weighted by Gasteiger charge is -2.24. The Kier molecular flexibility index (Phi) is 4.62. The fraction of sp³-hybridized carbons (Fsp3) is 0.261. The third kappa shape index (κ3) is 3.20. The number of carbonyl (C=O) groups is 1. The zero-order valence-corrected chi connectivity index (χ0v) is 17.1. The molecular formula is C23H21N5O3. The minimum absolute atomic E-state index is 0.0876. The van der Waals surface area contributed by atoms with Crippen molar-refractivity contribution in [1.29, 1.82) is 0 Å². The molecule has 1 amide bonds. The summed E-state index contributed by atoms with van der Waals surface area (Å²) < 4.78 is 2.89. The van der Waals surface area contributed by atoms with E-state index >= 15 is 0 Å². The molecule has 0 fully saturated rings. The van der Waals surface area contributed by atoms with Crippen molar-refractivity contribution in [3.8, 4) is 0 Å². The van der Waals surface area contributed by atoms with E-state index in [1.807, 2.05) is 30.3 Å². The number of para-hydroxylation sites is 1. The van der Waals surface area contributed by atoms with Gasteiger partial charge < -0.3 is 4.90 Å². The van der Waals surface area contributed by atoms with E-state index in [2.05, 4.69) is 10.1 Å². The molecule has 1 aliphatic rings. The largest absolute Gasteiger partial charge is 0.339 e. The lowest BCUT2D eigenvalue weighted by molar-refractivity contribution is -0.134. The Morgan fingerprint density at radius 1 is 0.935 bits per heavy atom. The third-order valence-corrected chi connectivity index (χ3v) is 5.90. The highest BCUT2D eigenvalue weighted by molar-refractivity contribution is 5.83. The first-order valence-electron chi connectivity index (χ1n) is 10.3. The van der Waals surface area contributed by atoms with Gasteiger partial charge >= 0.3 is 0 Å². The molecule has 1 aliphatic heterocycles. The molecule has 2 aromatic carbocycles. The van der Waals surface area contributed by atoms with E-state index in [1.54, 1.807) is 40.8 Å². The normalized spacial score (nSPS) is 14.9. The average Bonchev–Trinajstić information content (AvgIpc) is 3.02. The van der Waals surface area contributed by atoms with Crippen molar-refractivity contribution in [1.82, 2.24) is 24.2 Å². The van der Waals surface area contributed by atoms with Gasteiger partial charge in [0.25, 0.3) is 11.1 Å². The van der Waals surface area contributed by atoms with Gasteiger partial charge in [-0.2, -0.15) is 5.10 Å². The number of aromatic nitrogens is 4. The van der Waals surface area contributed by atoms with Crippen LogP contribution in [0.15, 0.2) is 64.3 Å². The van der Waals surface area contributed by atoms with Crippen LogP contribution in [0.1, 0.15) is 18.8 Å².